The zero-order chi connectivity index (χ0) is 11.4. The number of aromatic nitrogens is 6. The van der Waals surface area contributed by atoms with Crippen LogP contribution in [-0.4, -0.2) is 36.8 Å². The lowest BCUT2D eigenvalue weighted by Crippen LogP contribution is -2.09. The zero-order valence-electron chi connectivity index (χ0n) is 9.46. The molecule has 0 bridgehead atoms. The Bertz CT molecular complexity index is 444. The van der Waals surface area contributed by atoms with Crippen LogP contribution in [0.15, 0.2) is 12.5 Å². The molecule has 0 aliphatic rings. The van der Waals surface area contributed by atoms with E-state index in [-0.39, 0.29) is 0 Å². The van der Waals surface area contributed by atoms with Gasteiger partial charge in [-0.25, -0.2) is 14.3 Å². The van der Waals surface area contributed by atoms with Gasteiger partial charge in [-0.1, -0.05) is 5.21 Å². The molecule has 7 nitrogen and oxygen atoms in total. The summed E-state index contributed by atoms with van der Waals surface area (Å²) < 4.78 is 3.61. The largest absolute Gasteiger partial charge is 0.314 e. The Labute approximate surface area is 93.5 Å². The Kier molecular flexibility index (Phi) is 3.25. The van der Waals surface area contributed by atoms with E-state index in [0.717, 1.165) is 24.6 Å². The molecule has 1 N–H and O–H groups in total. The van der Waals surface area contributed by atoms with Crippen LogP contribution in [0.25, 0.3) is 0 Å². The number of hydrogen-bond donors (Lipinski definition) is 1. The van der Waals surface area contributed by atoms with Crippen LogP contribution in [-0.2, 0) is 19.6 Å². The maximum atomic E-state index is 4.19. The molecule has 0 atom stereocenters. The lowest BCUT2D eigenvalue weighted by atomic mass is 10.5. The summed E-state index contributed by atoms with van der Waals surface area (Å²) in [6, 6.07) is 0. The highest BCUT2D eigenvalue weighted by Gasteiger charge is 2.05. The first-order chi connectivity index (χ1) is 7.83. The third-order valence-corrected chi connectivity index (χ3v) is 2.24. The molecule has 0 saturated carbocycles. The molecule has 0 unspecified atom stereocenters. The molecule has 2 aromatic heterocycles. The summed E-state index contributed by atoms with van der Waals surface area (Å²) in [5.41, 5.74) is 0.921. The predicted molar refractivity (Wildman–Crippen MR) is 57.6 cm³/mol. The van der Waals surface area contributed by atoms with Crippen molar-refractivity contribution in [1.29, 1.82) is 0 Å². The highest BCUT2D eigenvalue weighted by Crippen LogP contribution is 1.99. The molecule has 16 heavy (non-hydrogen) atoms. The Hall–Kier alpha value is -1.76. The average Bonchev–Trinajstić information content (AvgIpc) is 2.89. The summed E-state index contributed by atoms with van der Waals surface area (Å²) in [6.07, 6.45) is 3.47. The first-order valence-electron chi connectivity index (χ1n) is 5.23. The summed E-state index contributed by atoms with van der Waals surface area (Å²) in [4.78, 5) is 4.19. The van der Waals surface area contributed by atoms with E-state index in [1.807, 2.05) is 24.9 Å². The van der Waals surface area contributed by atoms with Crippen molar-refractivity contribution in [3.63, 3.8) is 0 Å². The van der Waals surface area contributed by atoms with Gasteiger partial charge in [0.25, 0.3) is 0 Å². The molecule has 0 fully saturated rings. The van der Waals surface area contributed by atoms with E-state index in [1.54, 1.807) is 11.0 Å². The minimum atomic E-state index is 0.602. The maximum Gasteiger partial charge on any atom is 0.148 e. The van der Waals surface area contributed by atoms with Crippen LogP contribution in [0.2, 0.25) is 0 Å². The van der Waals surface area contributed by atoms with E-state index in [9.17, 15) is 0 Å². The molecule has 0 aliphatic heterocycles. The molecule has 0 aliphatic carbocycles. The molecular weight excluding hydrogens is 206 g/mol. The molecule has 0 spiro atoms. The number of hydrogen-bond acceptors (Lipinski definition) is 5. The van der Waals surface area contributed by atoms with Crippen LogP contribution in [0.1, 0.15) is 18.4 Å². The smallest absolute Gasteiger partial charge is 0.148 e. The molecule has 2 rings (SSSR count). The van der Waals surface area contributed by atoms with Gasteiger partial charge in [0.2, 0.25) is 0 Å². The van der Waals surface area contributed by atoms with Gasteiger partial charge in [0.15, 0.2) is 0 Å². The lowest BCUT2D eigenvalue weighted by Gasteiger charge is -2.01. The minimum absolute atomic E-state index is 0.602. The second-order valence-electron chi connectivity index (χ2n) is 3.43. The van der Waals surface area contributed by atoms with Crippen molar-refractivity contribution in [3.8, 4) is 0 Å². The van der Waals surface area contributed by atoms with E-state index < -0.39 is 0 Å². The molecule has 86 valence electrons. The van der Waals surface area contributed by atoms with Crippen LogP contribution < -0.4 is 5.32 Å². The van der Waals surface area contributed by atoms with Crippen molar-refractivity contribution in [1.82, 2.24) is 35.1 Å². The molecule has 7 heteroatoms. The Morgan fingerprint density at radius 1 is 1.44 bits per heavy atom. The first kappa shape index (κ1) is 10.7. The van der Waals surface area contributed by atoms with Crippen molar-refractivity contribution in [3.05, 3.63) is 24.0 Å². The van der Waals surface area contributed by atoms with Gasteiger partial charge in [-0.15, -0.1) is 5.10 Å². The second-order valence-corrected chi connectivity index (χ2v) is 3.43. The Morgan fingerprint density at radius 2 is 2.31 bits per heavy atom. The van der Waals surface area contributed by atoms with E-state index in [0.29, 0.717) is 6.54 Å². The van der Waals surface area contributed by atoms with Gasteiger partial charge < -0.3 is 5.32 Å². The van der Waals surface area contributed by atoms with Gasteiger partial charge in [0.05, 0.1) is 11.9 Å². The van der Waals surface area contributed by atoms with Crippen LogP contribution in [0.5, 0.6) is 0 Å². The van der Waals surface area contributed by atoms with E-state index in [4.69, 9.17) is 0 Å². The number of rotatable bonds is 5. The quantitative estimate of drug-likeness (QED) is 0.747. The molecular formula is C9H15N7. The van der Waals surface area contributed by atoms with Gasteiger partial charge in [-0.2, -0.15) is 5.10 Å². The molecule has 0 saturated heterocycles. The molecule has 0 radical (unpaired) electrons. The normalized spacial score (nSPS) is 10.9. The van der Waals surface area contributed by atoms with Gasteiger partial charge in [0, 0.05) is 13.1 Å². The summed E-state index contributed by atoms with van der Waals surface area (Å²) in [7, 11) is 1.88. The van der Waals surface area contributed by atoms with Crippen molar-refractivity contribution in [2.75, 3.05) is 7.05 Å². The van der Waals surface area contributed by atoms with Gasteiger partial charge in [-0.05, 0) is 14.0 Å². The number of aryl methyl sites for hydroxylation is 1. The number of nitrogens with zero attached hydrogens (tertiary/aromatic N) is 6. The highest BCUT2D eigenvalue weighted by molar-refractivity contribution is 4.94. The summed E-state index contributed by atoms with van der Waals surface area (Å²) in [5.74, 6) is 0.892. The van der Waals surface area contributed by atoms with Gasteiger partial charge in [0.1, 0.15) is 18.7 Å². The van der Waals surface area contributed by atoms with Crippen LogP contribution in [0.3, 0.4) is 0 Å². The molecule has 0 amide bonds. The Balaban J connectivity index is 2.08. The van der Waals surface area contributed by atoms with Crippen LogP contribution >= 0.6 is 0 Å². The fourth-order valence-corrected chi connectivity index (χ4v) is 1.50. The van der Waals surface area contributed by atoms with Crippen molar-refractivity contribution in [2.45, 2.75) is 26.6 Å². The van der Waals surface area contributed by atoms with E-state index in [2.05, 4.69) is 25.7 Å². The minimum Gasteiger partial charge on any atom is -0.314 e. The number of nitrogens with one attached hydrogen (secondary N) is 1. The van der Waals surface area contributed by atoms with Crippen molar-refractivity contribution < 1.29 is 0 Å². The summed E-state index contributed by atoms with van der Waals surface area (Å²) in [6.45, 7) is 4.17. The summed E-state index contributed by atoms with van der Waals surface area (Å²) >= 11 is 0. The fraction of sp³-hybridized carbons (Fsp3) is 0.556. The predicted octanol–water partition coefficient (Wildman–Crippen LogP) is -0.343. The lowest BCUT2D eigenvalue weighted by molar-refractivity contribution is 0.557. The van der Waals surface area contributed by atoms with E-state index >= 15 is 0 Å². The molecule has 0 aromatic carbocycles. The molecule has 2 aromatic rings. The monoisotopic (exact) mass is 221 g/mol. The standard InChI is InChI=1S/C9H15N7/c1-3-16-9(11-7-12-16)6-15-5-8(4-10-2)13-14-15/h5,7,10H,3-4,6H2,1-2H3. The van der Waals surface area contributed by atoms with Crippen LogP contribution in [0, 0.1) is 0 Å². The topological polar surface area (TPSA) is 73.5 Å². The van der Waals surface area contributed by atoms with Crippen LogP contribution in [0.4, 0.5) is 0 Å². The molecule has 2 heterocycles. The van der Waals surface area contributed by atoms with Gasteiger partial charge >= 0.3 is 0 Å². The zero-order valence-corrected chi connectivity index (χ0v) is 9.46. The fourth-order valence-electron chi connectivity index (χ4n) is 1.50. The SMILES string of the molecule is CCn1ncnc1Cn1cc(CNC)nn1. The Morgan fingerprint density at radius 3 is 3.06 bits per heavy atom. The average molecular weight is 221 g/mol. The van der Waals surface area contributed by atoms with Crippen molar-refractivity contribution in [2.24, 2.45) is 0 Å². The van der Waals surface area contributed by atoms with Gasteiger partial charge in [-0.3, -0.25) is 0 Å². The summed E-state index contributed by atoms with van der Waals surface area (Å²) in [5, 5.41) is 15.2. The second kappa shape index (κ2) is 4.84. The third kappa shape index (κ3) is 2.25. The van der Waals surface area contributed by atoms with E-state index in [1.165, 1.54) is 0 Å². The third-order valence-electron chi connectivity index (χ3n) is 2.24. The first-order valence-corrected chi connectivity index (χ1v) is 5.23. The maximum absolute atomic E-state index is 4.19. The van der Waals surface area contributed by atoms with Crippen molar-refractivity contribution >= 4 is 0 Å². The highest BCUT2D eigenvalue weighted by atomic mass is 15.4.